The summed E-state index contributed by atoms with van der Waals surface area (Å²) in [6.45, 7) is 2.97. The van der Waals surface area contributed by atoms with Crippen LogP contribution >= 0.6 is 0 Å². The van der Waals surface area contributed by atoms with Gasteiger partial charge < -0.3 is 20.5 Å². The number of carbonyl (C=O) groups excluding carboxylic acids is 3. The van der Waals surface area contributed by atoms with Gasteiger partial charge in [0.1, 0.15) is 17.8 Å². The van der Waals surface area contributed by atoms with Gasteiger partial charge in [-0.1, -0.05) is 18.2 Å². The first kappa shape index (κ1) is 21.8. The minimum atomic E-state index is -1.30. The molecule has 3 rings (SSSR count). The summed E-state index contributed by atoms with van der Waals surface area (Å²) in [4.78, 5) is 49.5. The Morgan fingerprint density at radius 2 is 1.84 bits per heavy atom. The van der Waals surface area contributed by atoms with Crippen LogP contribution in [-0.2, 0) is 26.3 Å². The van der Waals surface area contributed by atoms with Gasteiger partial charge in [-0.05, 0) is 54.8 Å². The van der Waals surface area contributed by atoms with E-state index in [1.807, 2.05) is 6.92 Å². The van der Waals surface area contributed by atoms with Crippen molar-refractivity contribution in [1.29, 1.82) is 0 Å². The molecule has 1 saturated heterocycles. The number of aliphatic carboxylic acids is 1. The molecule has 0 radical (unpaired) electrons. The lowest BCUT2D eigenvalue weighted by molar-refractivity contribution is -0.136. The highest BCUT2D eigenvalue weighted by molar-refractivity contribution is 6.10. The fraction of sp³-hybridized carbons (Fsp3) is 0.273. The molecule has 0 aromatic heterocycles. The maximum Gasteiger partial charge on any atom is 0.325 e. The van der Waals surface area contributed by atoms with Gasteiger partial charge in [0.15, 0.2) is 0 Å². The van der Waals surface area contributed by atoms with E-state index in [-0.39, 0.29) is 6.42 Å². The van der Waals surface area contributed by atoms with Crippen molar-refractivity contribution in [2.45, 2.75) is 25.8 Å². The van der Waals surface area contributed by atoms with Crippen molar-refractivity contribution in [1.82, 2.24) is 10.2 Å². The van der Waals surface area contributed by atoms with Crippen LogP contribution in [0.1, 0.15) is 23.6 Å². The molecule has 4 amide bonds. The average Bonchev–Trinajstić information content (AvgIpc) is 2.93. The van der Waals surface area contributed by atoms with Gasteiger partial charge in [0.2, 0.25) is 5.91 Å². The highest BCUT2D eigenvalue weighted by Gasteiger charge is 2.49. The zero-order valence-corrected chi connectivity index (χ0v) is 17.4. The van der Waals surface area contributed by atoms with Crippen molar-refractivity contribution < 1.29 is 29.0 Å². The van der Waals surface area contributed by atoms with Crippen LogP contribution in [-0.4, -0.2) is 47.5 Å². The number of nitrogens with zero attached hydrogens (tertiary/aromatic N) is 1. The predicted molar refractivity (Wildman–Crippen MR) is 112 cm³/mol. The van der Waals surface area contributed by atoms with Crippen LogP contribution in [0.2, 0.25) is 0 Å². The number of ether oxygens (including phenoxy) is 1. The normalized spacial score (nSPS) is 18.0. The standard InChI is InChI=1S/C22H23N3O6/c1-13-10-15(6-9-17(13)31-3)22(2)20(29)25(21(30)24-22)12-18(26)23-16-7-4-14(5-8-16)11-19(27)28/h4-10H,11-12H2,1-3H3,(H,23,26)(H,24,30)(H,27,28). The first-order chi connectivity index (χ1) is 14.6. The lowest BCUT2D eigenvalue weighted by Crippen LogP contribution is -2.42. The monoisotopic (exact) mass is 425 g/mol. The molecule has 1 fully saturated rings. The molecular weight excluding hydrogens is 402 g/mol. The number of anilines is 1. The number of methoxy groups -OCH3 is 1. The molecule has 2 aromatic rings. The summed E-state index contributed by atoms with van der Waals surface area (Å²) >= 11 is 0. The number of benzene rings is 2. The number of rotatable bonds is 7. The third-order valence-corrected chi connectivity index (χ3v) is 5.14. The van der Waals surface area contributed by atoms with E-state index >= 15 is 0 Å². The third-order valence-electron chi connectivity index (χ3n) is 5.14. The second kappa shape index (κ2) is 8.47. The van der Waals surface area contributed by atoms with Crippen molar-refractivity contribution >= 4 is 29.5 Å². The maximum atomic E-state index is 13.0. The van der Waals surface area contributed by atoms with Gasteiger partial charge >= 0.3 is 12.0 Å². The molecule has 3 N–H and O–H groups in total. The first-order valence-electron chi connectivity index (χ1n) is 9.54. The Hall–Kier alpha value is -3.88. The van der Waals surface area contributed by atoms with E-state index in [1.165, 1.54) is 0 Å². The van der Waals surface area contributed by atoms with Crippen LogP contribution in [0.15, 0.2) is 42.5 Å². The molecule has 1 unspecified atom stereocenters. The van der Waals surface area contributed by atoms with Gasteiger partial charge in [-0.2, -0.15) is 0 Å². The van der Waals surface area contributed by atoms with Crippen LogP contribution < -0.4 is 15.4 Å². The Bertz CT molecular complexity index is 1050. The molecule has 9 nitrogen and oxygen atoms in total. The van der Waals surface area contributed by atoms with E-state index in [4.69, 9.17) is 9.84 Å². The van der Waals surface area contributed by atoms with E-state index in [0.717, 1.165) is 10.5 Å². The minimum absolute atomic E-state index is 0.125. The van der Waals surface area contributed by atoms with Crippen LogP contribution in [0.5, 0.6) is 5.75 Å². The molecule has 9 heteroatoms. The number of carbonyl (C=O) groups is 4. The molecule has 31 heavy (non-hydrogen) atoms. The summed E-state index contributed by atoms with van der Waals surface area (Å²) in [7, 11) is 1.55. The lowest BCUT2D eigenvalue weighted by atomic mass is 9.90. The number of carboxylic acids is 1. The second-order valence-corrected chi connectivity index (χ2v) is 7.45. The molecule has 0 saturated carbocycles. The Morgan fingerprint density at radius 1 is 1.16 bits per heavy atom. The highest BCUT2D eigenvalue weighted by Crippen LogP contribution is 2.31. The van der Waals surface area contributed by atoms with E-state index < -0.39 is 35.9 Å². The SMILES string of the molecule is COc1ccc(C2(C)NC(=O)N(CC(=O)Nc3ccc(CC(=O)O)cc3)C2=O)cc1C. The van der Waals surface area contributed by atoms with Crippen LogP contribution in [0, 0.1) is 6.92 Å². The second-order valence-electron chi connectivity index (χ2n) is 7.45. The van der Waals surface area contributed by atoms with Gasteiger partial charge in [0.05, 0.1) is 13.5 Å². The largest absolute Gasteiger partial charge is 0.496 e. The van der Waals surface area contributed by atoms with Crippen LogP contribution in [0.25, 0.3) is 0 Å². The van der Waals surface area contributed by atoms with Crippen molar-refractivity contribution in [3.63, 3.8) is 0 Å². The number of hydrogen-bond acceptors (Lipinski definition) is 5. The topological polar surface area (TPSA) is 125 Å². The van der Waals surface area contributed by atoms with E-state index in [1.54, 1.807) is 56.5 Å². The van der Waals surface area contributed by atoms with Gasteiger partial charge in [0.25, 0.3) is 5.91 Å². The van der Waals surface area contributed by atoms with Gasteiger partial charge in [0, 0.05) is 5.69 Å². The fourth-order valence-corrected chi connectivity index (χ4v) is 3.45. The average molecular weight is 425 g/mol. The third kappa shape index (κ3) is 4.50. The maximum absolute atomic E-state index is 13.0. The predicted octanol–water partition coefficient (Wildman–Crippen LogP) is 2.04. The zero-order chi connectivity index (χ0) is 22.8. The minimum Gasteiger partial charge on any atom is -0.496 e. The van der Waals surface area contributed by atoms with Crippen molar-refractivity contribution in [2.24, 2.45) is 0 Å². The summed E-state index contributed by atoms with van der Waals surface area (Å²) in [5.74, 6) is -1.38. The smallest absolute Gasteiger partial charge is 0.325 e. The molecule has 1 aliphatic rings. The molecular formula is C22H23N3O6. The quantitative estimate of drug-likeness (QED) is 0.583. The van der Waals surface area contributed by atoms with Crippen LogP contribution in [0.3, 0.4) is 0 Å². The molecule has 1 atom stereocenters. The van der Waals surface area contributed by atoms with Crippen LogP contribution in [0.4, 0.5) is 10.5 Å². The molecule has 162 valence electrons. The number of nitrogens with one attached hydrogen (secondary N) is 2. The Kier molecular flexibility index (Phi) is 5.96. The Labute approximate surface area is 179 Å². The van der Waals surface area contributed by atoms with Gasteiger partial charge in [-0.15, -0.1) is 0 Å². The summed E-state index contributed by atoms with van der Waals surface area (Å²) < 4.78 is 5.24. The number of aryl methyl sites for hydroxylation is 1. The first-order valence-corrected chi connectivity index (χ1v) is 9.54. The number of imide groups is 1. The molecule has 0 aliphatic carbocycles. The summed E-state index contributed by atoms with van der Waals surface area (Å²) in [5, 5.41) is 14.1. The summed E-state index contributed by atoms with van der Waals surface area (Å²) in [5.41, 5.74) is 1.11. The molecule has 1 heterocycles. The molecule has 2 aromatic carbocycles. The molecule has 1 aliphatic heterocycles. The highest BCUT2D eigenvalue weighted by atomic mass is 16.5. The van der Waals surface area contributed by atoms with E-state index in [2.05, 4.69) is 10.6 Å². The lowest BCUT2D eigenvalue weighted by Gasteiger charge is -2.23. The van der Waals surface area contributed by atoms with Crippen molar-refractivity contribution in [2.75, 3.05) is 19.0 Å². The van der Waals surface area contributed by atoms with Gasteiger partial charge in [-0.25, -0.2) is 4.79 Å². The van der Waals surface area contributed by atoms with Crippen molar-refractivity contribution in [3.05, 3.63) is 59.2 Å². The van der Waals surface area contributed by atoms with E-state index in [0.29, 0.717) is 22.6 Å². The number of carboxylic acid groups (broad SMARTS) is 1. The molecule has 0 bridgehead atoms. The molecule has 0 spiro atoms. The van der Waals surface area contributed by atoms with E-state index in [9.17, 15) is 19.2 Å². The number of amides is 4. The Balaban J connectivity index is 1.70. The number of urea groups is 1. The zero-order valence-electron chi connectivity index (χ0n) is 17.4. The number of hydrogen-bond donors (Lipinski definition) is 3. The summed E-state index contributed by atoms with van der Waals surface area (Å²) in [6.07, 6.45) is -0.125. The Morgan fingerprint density at radius 3 is 2.42 bits per heavy atom. The fourth-order valence-electron chi connectivity index (χ4n) is 3.45. The summed E-state index contributed by atoms with van der Waals surface area (Å²) in [6, 6.07) is 10.8. The van der Waals surface area contributed by atoms with Gasteiger partial charge in [-0.3, -0.25) is 19.3 Å². The van der Waals surface area contributed by atoms with Crippen molar-refractivity contribution in [3.8, 4) is 5.75 Å².